The Kier molecular flexibility index (Phi) is 8.80. The highest BCUT2D eigenvalue weighted by molar-refractivity contribution is 5.98. The molecule has 8 nitrogen and oxygen atoms in total. The van der Waals surface area contributed by atoms with Crippen molar-refractivity contribution in [3.8, 4) is 34.1 Å². The lowest BCUT2D eigenvalue weighted by atomic mass is 10.0. The van der Waals surface area contributed by atoms with Crippen molar-refractivity contribution in [1.82, 2.24) is 14.5 Å². The molecule has 0 bridgehead atoms. The van der Waals surface area contributed by atoms with Gasteiger partial charge in [-0.3, -0.25) is 19.6 Å². The average molecular weight is 582 g/mol. The molecule has 0 amide bonds. The van der Waals surface area contributed by atoms with Crippen LogP contribution in [0.15, 0.2) is 84.2 Å². The number of hydrogen-bond donors (Lipinski definition) is 0. The number of methoxy groups -OCH3 is 2. The first-order chi connectivity index (χ1) is 20.7. The van der Waals surface area contributed by atoms with Crippen LogP contribution in [-0.4, -0.2) is 34.5 Å². The number of carbonyl (C=O) groups is 1. The Labute approximate surface area is 248 Å². The molecule has 0 saturated carbocycles. The topological polar surface area (TPSA) is 92.5 Å². The van der Waals surface area contributed by atoms with Crippen LogP contribution in [0.1, 0.15) is 36.3 Å². The summed E-state index contributed by atoms with van der Waals surface area (Å²) < 4.78 is 32.3. The van der Waals surface area contributed by atoms with Crippen molar-refractivity contribution < 1.29 is 23.4 Å². The Morgan fingerprint density at radius 3 is 2.35 bits per heavy atom. The fourth-order valence-electron chi connectivity index (χ4n) is 4.70. The zero-order chi connectivity index (χ0) is 30.5. The molecule has 0 aliphatic carbocycles. The number of benzene rings is 2. The van der Waals surface area contributed by atoms with E-state index in [1.54, 1.807) is 75.3 Å². The molecule has 0 unspecified atom stereocenters. The number of pyridine rings is 3. The monoisotopic (exact) mass is 581 g/mol. The number of carbonyl (C=O) groups excluding carboxylic acids is 1. The Morgan fingerprint density at radius 2 is 1.67 bits per heavy atom. The van der Waals surface area contributed by atoms with Gasteiger partial charge in [0.1, 0.15) is 17.3 Å². The highest BCUT2D eigenvalue weighted by Gasteiger charge is 2.18. The fourth-order valence-corrected chi connectivity index (χ4v) is 4.70. The van der Waals surface area contributed by atoms with Gasteiger partial charge in [-0.25, -0.2) is 4.39 Å². The standard InChI is InChI=1S/C34H32FN3O5/c1-21(2)12-14-38-19-27(22-5-7-23(35)8-6-22)34(40)28(20-38)30(39)15-24-9-10-25(18-37-24)43-31-11-13-36-29-17-33(42-4)32(41-3)16-26(29)31/h5-11,13,16-21H,12,14-15H2,1-4H3. The maximum atomic E-state index is 13.6. The predicted octanol–water partition coefficient (Wildman–Crippen LogP) is 6.88. The molecule has 43 heavy (non-hydrogen) atoms. The molecule has 0 atom stereocenters. The second-order valence-electron chi connectivity index (χ2n) is 10.6. The van der Waals surface area contributed by atoms with Crippen molar-refractivity contribution >= 4 is 16.7 Å². The predicted molar refractivity (Wildman–Crippen MR) is 163 cm³/mol. The lowest BCUT2D eigenvalue weighted by Crippen LogP contribution is -2.22. The fraction of sp³-hybridized carbons (Fsp3) is 0.235. The van der Waals surface area contributed by atoms with Gasteiger partial charge in [0.15, 0.2) is 22.7 Å². The normalized spacial score (nSPS) is 11.1. The van der Waals surface area contributed by atoms with Gasteiger partial charge in [-0.1, -0.05) is 26.0 Å². The molecule has 0 N–H and O–H groups in total. The number of halogens is 1. The van der Waals surface area contributed by atoms with E-state index < -0.39 is 11.2 Å². The number of Topliss-reactive ketones (excluding diaryl/α,β-unsaturated/α-hetero) is 1. The minimum absolute atomic E-state index is 0.0677. The number of aromatic nitrogens is 3. The van der Waals surface area contributed by atoms with Gasteiger partial charge in [-0.2, -0.15) is 0 Å². The molecule has 5 rings (SSSR count). The number of nitrogens with zero attached hydrogens (tertiary/aromatic N) is 3. The minimum Gasteiger partial charge on any atom is -0.493 e. The van der Waals surface area contributed by atoms with Crippen LogP contribution in [0.25, 0.3) is 22.0 Å². The molecule has 5 aromatic rings. The largest absolute Gasteiger partial charge is 0.493 e. The molecule has 0 aliphatic heterocycles. The third-order valence-corrected chi connectivity index (χ3v) is 7.07. The van der Waals surface area contributed by atoms with Gasteiger partial charge in [0.2, 0.25) is 0 Å². The van der Waals surface area contributed by atoms with E-state index in [4.69, 9.17) is 14.2 Å². The van der Waals surface area contributed by atoms with E-state index in [0.717, 1.165) is 11.8 Å². The highest BCUT2D eigenvalue weighted by Crippen LogP contribution is 2.36. The van der Waals surface area contributed by atoms with Gasteiger partial charge in [-0.15, -0.1) is 0 Å². The van der Waals surface area contributed by atoms with E-state index in [9.17, 15) is 14.0 Å². The quantitative estimate of drug-likeness (QED) is 0.157. The molecular weight excluding hydrogens is 549 g/mol. The van der Waals surface area contributed by atoms with Crippen LogP contribution in [0.3, 0.4) is 0 Å². The smallest absolute Gasteiger partial charge is 0.200 e. The lowest BCUT2D eigenvalue weighted by Gasteiger charge is -2.14. The first kappa shape index (κ1) is 29.4. The minimum atomic E-state index is -0.397. The van der Waals surface area contributed by atoms with Gasteiger partial charge >= 0.3 is 0 Å². The summed E-state index contributed by atoms with van der Waals surface area (Å²) in [5.41, 5.74) is 1.74. The van der Waals surface area contributed by atoms with Gasteiger partial charge in [0.05, 0.1) is 37.9 Å². The van der Waals surface area contributed by atoms with Gasteiger partial charge in [-0.05, 0) is 54.3 Å². The molecule has 0 radical (unpaired) electrons. The van der Waals surface area contributed by atoms with Gasteiger partial charge < -0.3 is 18.8 Å². The highest BCUT2D eigenvalue weighted by atomic mass is 19.1. The molecule has 0 fully saturated rings. The van der Waals surface area contributed by atoms with Gasteiger partial charge in [0.25, 0.3) is 0 Å². The summed E-state index contributed by atoms with van der Waals surface area (Å²) in [5, 5.41) is 0.731. The number of ketones is 1. The van der Waals surface area contributed by atoms with Crippen LogP contribution in [0.4, 0.5) is 4.39 Å². The zero-order valence-electron chi connectivity index (χ0n) is 24.5. The summed E-state index contributed by atoms with van der Waals surface area (Å²) in [7, 11) is 3.12. The molecule has 2 aromatic carbocycles. The van der Waals surface area contributed by atoms with E-state index in [-0.39, 0.29) is 17.8 Å². The number of ether oxygens (including phenoxy) is 3. The second kappa shape index (κ2) is 12.9. The van der Waals surface area contributed by atoms with Crippen LogP contribution in [0.2, 0.25) is 0 Å². The second-order valence-corrected chi connectivity index (χ2v) is 10.6. The van der Waals surface area contributed by atoms with Crippen molar-refractivity contribution in [1.29, 1.82) is 0 Å². The molecule has 3 aromatic heterocycles. The molecule has 0 aliphatic rings. The SMILES string of the molecule is COc1cc2nccc(Oc3ccc(CC(=O)c4cn(CCC(C)C)cc(-c5ccc(F)cc5)c4=O)nc3)c2cc1OC. The Morgan fingerprint density at radius 1 is 0.930 bits per heavy atom. The maximum absolute atomic E-state index is 13.6. The Balaban J connectivity index is 1.38. The summed E-state index contributed by atoms with van der Waals surface area (Å²) in [5.74, 6) is 1.81. The Hall–Kier alpha value is -5.05. The summed E-state index contributed by atoms with van der Waals surface area (Å²) in [6.07, 6.45) is 7.31. The van der Waals surface area contributed by atoms with Crippen LogP contribution in [-0.2, 0) is 13.0 Å². The van der Waals surface area contributed by atoms with Crippen molar-refractivity contribution in [2.45, 2.75) is 33.2 Å². The summed E-state index contributed by atoms with van der Waals surface area (Å²) >= 11 is 0. The van der Waals surface area contributed by atoms with Crippen molar-refractivity contribution in [3.05, 3.63) is 107 Å². The molecular formula is C34H32FN3O5. The number of rotatable bonds is 11. The van der Waals surface area contributed by atoms with Crippen molar-refractivity contribution in [2.24, 2.45) is 5.92 Å². The van der Waals surface area contributed by atoms with Gasteiger partial charge in [0, 0.05) is 47.8 Å². The Bertz CT molecular complexity index is 1820. The van der Waals surface area contributed by atoms with Crippen molar-refractivity contribution in [2.75, 3.05) is 14.2 Å². The summed E-state index contributed by atoms with van der Waals surface area (Å²) in [6, 6.07) is 14.4. The first-order valence-electron chi connectivity index (χ1n) is 13.9. The number of hydrogen-bond acceptors (Lipinski definition) is 7. The van der Waals surface area contributed by atoms with Crippen molar-refractivity contribution in [3.63, 3.8) is 0 Å². The first-order valence-corrected chi connectivity index (χ1v) is 13.9. The van der Waals surface area contributed by atoms with E-state index >= 15 is 0 Å². The van der Waals surface area contributed by atoms with Crippen LogP contribution >= 0.6 is 0 Å². The van der Waals surface area contributed by atoms with E-state index in [0.29, 0.717) is 57.8 Å². The molecule has 3 heterocycles. The third-order valence-electron chi connectivity index (χ3n) is 7.07. The van der Waals surface area contributed by atoms with E-state index in [2.05, 4.69) is 23.8 Å². The van der Waals surface area contributed by atoms with Crippen LogP contribution in [0.5, 0.6) is 23.0 Å². The van der Waals surface area contributed by atoms with Crippen LogP contribution < -0.4 is 19.6 Å². The maximum Gasteiger partial charge on any atom is 0.200 e. The number of aryl methyl sites for hydroxylation is 1. The number of fused-ring (bicyclic) bond motifs is 1. The lowest BCUT2D eigenvalue weighted by molar-refractivity contribution is 0.0990. The summed E-state index contributed by atoms with van der Waals surface area (Å²) in [4.78, 5) is 35.7. The average Bonchev–Trinajstić information content (AvgIpc) is 3.01. The molecule has 220 valence electrons. The van der Waals surface area contributed by atoms with E-state index in [1.165, 1.54) is 18.3 Å². The summed E-state index contributed by atoms with van der Waals surface area (Å²) in [6.45, 7) is 4.86. The zero-order valence-corrected chi connectivity index (χ0v) is 24.5. The molecule has 9 heteroatoms. The van der Waals surface area contributed by atoms with E-state index in [1.807, 2.05) is 4.57 Å². The van der Waals surface area contributed by atoms with Crippen LogP contribution in [0, 0.1) is 11.7 Å². The third kappa shape index (κ3) is 6.72. The molecule has 0 spiro atoms. The molecule has 0 saturated heterocycles.